The van der Waals surface area contributed by atoms with E-state index in [0.717, 1.165) is 29.7 Å². The summed E-state index contributed by atoms with van der Waals surface area (Å²) in [6, 6.07) is 0. The van der Waals surface area contributed by atoms with Crippen molar-refractivity contribution in [3.8, 4) is 0 Å². The number of hydrogen-bond acceptors (Lipinski definition) is 1. The maximum absolute atomic E-state index is 12.7. The van der Waals surface area contributed by atoms with E-state index in [1.165, 1.54) is 0 Å². The first-order chi connectivity index (χ1) is 6.80. The minimum atomic E-state index is -4.17. The molecule has 0 saturated carbocycles. The van der Waals surface area contributed by atoms with Gasteiger partial charge in [0.2, 0.25) is 0 Å². The topological polar surface area (TPSA) is 0 Å². The molecule has 0 unspecified atom stereocenters. The van der Waals surface area contributed by atoms with E-state index in [4.69, 9.17) is 0 Å². The molecular formula is C11H13F3S. The number of hydrogen-bond donors (Lipinski definition) is 0. The van der Waals surface area contributed by atoms with Crippen molar-refractivity contribution in [1.82, 2.24) is 0 Å². The lowest BCUT2D eigenvalue weighted by atomic mass is 9.75. The molecule has 0 spiro atoms. The molecular weight excluding hydrogens is 221 g/mol. The lowest BCUT2D eigenvalue weighted by molar-refractivity contribution is -0.135. The largest absolute Gasteiger partial charge is 0.425 e. The zero-order valence-corrected chi connectivity index (χ0v) is 9.56. The molecule has 1 heterocycles. The van der Waals surface area contributed by atoms with E-state index in [1.54, 1.807) is 5.38 Å². The zero-order valence-electron chi connectivity index (χ0n) is 8.74. The van der Waals surface area contributed by atoms with Crippen LogP contribution in [0.5, 0.6) is 0 Å². The second-order valence-corrected chi connectivity index (χ2v) is 5.79. The summed E-state index contributed by atoms with van der Waals surface area (Å²) >= 11 is 0.848. The third-order valence-corrected chi connectivity index (χ3v) is 4.08. The van der Waals surface area contributed by atoms with Gasteiger partial charge in [0.1, 0.15) is 4.88 Å². The molecule has 1 aliphatic carbocycles. The maximum atomic E-state index is 12.7. The van der Waals surface area contributed by atoms with Crippen LogP contribution in [0.1, 0.15) is 36.3 Å². The average Bonchev–Trinajstić information content (AvgIpc) is 2.43. The number of alkyl halides is 3. The molecule has 0 aromatic carbocycles. The van der Waals surface area contributed by atoms with Gasteiger partial charge >= 0.3 is 6.18 Å². The predicted octanol–water partition coefficient (Wildman–Crippen LogP) is 4.28. The van der Waals surface area contributed by atoms with E-state index in [2.05, 4.69) is 0 Å². The molecule has 0 N–H and O–H groups in total. The summed E-state index contributed by atoms with van der Waals surface area (Å²) in [7, 11) is 0. The highest BCUT2D eigenvalue weighted by atomic mass is 32.1. The fourth-order valence-corrected chi connectivity index (χ4v) is 3.10. The first-order valence-electron chi connectivity index (χ1n) is 4.96. The van der Waals surface area contributed by atoms with Gasteiger partial charge in [-0.25, -0.2) is 0 Å². The summed E-state index contributed by atoms with van der Waals surface area (Å²) in [5.41, 5.74) is 1.46. The van der Waals surface area contributed by atoms with Crippen molar-refractivity contribution in [1.29, 1.82) is 0 Å². The van der Waals surface area contributed by atoms with E-state index < -0.39 is 6.18 Å². The van der Waals surface area contributed by atoms with E-state index >= 15 is 0 Å². The van der Waals surface area contributed by atoms with Gasteiger partial charge in [0.05, 0.1) is 0 Å². The van der Waals surface area contributed by atoms with Gasteiger partial charge in [-0.3, -0.25) is 0 Å². The predicted molar refractivity (Wildman–Crippen MR) is 55.1 cm³/mol. The van der Waals surface area contributed by atoms with Gasteiger partial charge in [-0.1, -0.05) is 13.8 Å². The van der Waals surface area contributed by atoms with E-state index in [-0.39, 0.29) is 10.3 Å². The van der Waals surface area contributed by atoms with Crippen molar-refractivity contribution in [3.05, 3.63) is 21.4 Å². The van der Waals surface area contributed by atoms with Crippen molar-refractivity contribution >= 4 is 11.3 Å². The van der Waals surface area contributed by atoms with Crippen molar-refractivity contribution < 1.29 is 13.2 Å². The Morgan fingerprint density at radius 1 is 1.33 bits per heavy atom. The van der Waals surface area contributed by atoms with Crippen LogP contribution in [-0.4, -0.2) is 0 Å². The molecule has 0 radical (unpaired) electrons. The highest BCUT2D eigenvalue weighted by Crippen LogP contribution is 2.44. The fraction of sp³-hybridized carbons (Fsp3) is 0.636. The molecule has 4 heteroatoms. The second-order valence-electron chi connectivity index (χ2n) is 4.91. The minimum Gasteiger partial charge on any atom is -0.165 e. The van der Waals surface area contributed by atoms with Crippen molar-refractivity contribution in [2.45, 2.75) is 39.3 Å². The monoisotopic (exact) mass is 234 g/mol. The van der Waals surface area contributed by atoms with Crippen LogP contribution in [-0.2, 0) is 19.0 Å². The van der Waals surface area contributed by atoms with Crippen molar-refractivity contribution in [2.75, 3.05) is 0 Å². The number of aryl methyl sites for hydroxylation is 1. The molecule has 0 aliphatic heterocycles. The molecule has 0 nitrogen and oxygen atoms in total. The quantitative estimate of drug-likeness (QED) is 0.628. The van der Waals surface area contributed by atoms with Crippen LogP contribution in [0.25, 0.3) is 0 Å². The van der Waals surface area contributed by atoms with Gasteiger partial charge in [0.25, 0.3) is 0 Å². The Bertz CT molecular complexity index is 374. The summed E-state index contributed by atoms with van der Waals surface area (Å²) in [6.45, 7) is 4.07. The van der Waals surface area contributed by atoms with Gasteiger partial charge in [-0.05, 0) is 41.2 Å². The summed E-state index contributed by atoms with van der Waals surface area (Å²) in [5.74, 6) is 0. The third kappa shape index (κ3) is 2.05. The Morgan fingerprint density at radius 2 is 2.00 bits per heavy atom. The number of thiophene rings is 1. The Morgan fingerprint density at radius 3 is 2.60 bits per heavy atom. The molecule has 15 heavy (non-hydrogen) atoms. The first kappa shape index (κ1) is 11.0. The standard InChI is InChI=1S/C11H13F3S/c1-10(2)4-3-7-6-15-9(8(7)5-10)11(12,13)14/h6H,3-5H2,1-2H3. The van der Waals surface area contributed by atoms with Gasteiger partial charge < -0.3 is 0 Å². The maximum Gasteiger partial charge on any atom is 0.425 e. The highest BCUT2D eigenvalue weighted by molar-refractivity contribution is 7.10. The molecule has 0 saturated heterocycles. The van der Waals surface area contributed by atoms with Gasteiger partial charge in [-0.15, -0.1) is 11.3 Å². The molecule has 1 aliphatic rings. The third-order valence-electron chi connectivity index (χ3n) is 2.96. The molecule has 0 atom stereocenters. The second kappa shape index (κ2) is 3.24. The molecule has 0 amide bonds. The molecule has 1 aromatic rings. The molecule has 0 bridgehead atoms. The van der Waals surface area contributed by atoms with Crippen LogP contribution < -0.4 is 0 Å². The first-order valence-corrected chi connectivity index (χ1v) is 5.84. The number of fused-ring (bicyclic) bond motifs is 1. The lowest BCUT2D eigenvalue weighted by Gasteiger charge is -2.30. The summed E-state index contributed by atoms with van der Waals surface area (Å²) < 4.78 is 38.0. The smallest absolute Gasteiger partial charge is 0.165 e. The SMILES string of the molecule is CC1(C)CCc2csc(C(F)(F)F)c2C1. The van der Waals surface area contributed by atoms with Gasteiger partial charge in [0, 0.05) is 0 Å². The highest BCUT2D eigenvalue weighted by Gasteiger charge is 2.39. The van der Waals surface area contributed by atoms with Crippen LogP contribution in [0.2, 0.25) is 0 Å². The molecule has 84 valence electrons. The normalized spacial score (nSPS) is 20.1. The number of halogens is 3. The van der Waals surface area contributed by atoms with Crippen molar-refractivity contribution in [2.24, 2.45) is 5.41 Å². The van der Waals surface area contributed by atoms with Crippen LogP contribution in [0.3, 0.4) is 0 Å². The van der Waals surface area contributed by atoms with Gasteiger partial charge in [-0.2, -0.15) is 13.2 Å². The fourth-order valence-electron chi connectivity index (χ4n) is 2.10. The minimum absolute atomic E-state index is 0.00801. The van der Waals surface area contributed by atoms with Crippen LogP contribution in [0.4, 0.5) is 13.2 Å². The average molecular weight is 234 g/mol. The summed E-state index contributed by atoms with van der Waals surface area (Å²) in [6.07, 6.45) is -1.85. The Labute approximate surface area is 91.1 Å². The Balaban J connectivity index is 2.43. The number of rotatable bonds is 0. The zero-order chi connectivity index (χ0) is 11.3. The van der Waals surface area contributed by atoms with Crippen LogP contribution in [0.15, 0.2) is 5.38 Å². The van der Waals surface area contributed by atoms with Crippen LogP contribution >= 0.6 is 11.3 Å². The van der Waals surface area contributed by atoms with E-state index in [1.807, 2.05) is 13.8 Å². The molecule has 0 fully saturated rings. The van der Waals surface area contributed by atoms with Crippen LogP contribution in [0, 0.1) is 5.41 Å². The molecule has 2 rings (SSSR count). The van der Waals surface area contributed by atoms with E-state index in [9.17, 15) is 13.2 Å². The van der Waals surface area contributed by atoms with Gasteiger partial charge in [0.15, 0.2) is 0 Å². The van der Waals surface area contributed by atoms with E-state index in [0.29, 0.717) is 12.0 Å². The van der Waals surface area contributed by atoms with Crippen molar-refractivity contribution in [3.63, 3.8) is 0 Å². The summed E-state index contributed by atoms with van der Waals surface area (Å²) in [4.78, 5) is -0.384. The summed E-state index contributed by atoms with van der Waals surface area (Å²) in [5, 5.41) is 1.67. The molecule has 1 aromatic heterocycles. The lowest BCUT2D eigenvalue weighted by Crippen LogP contribution is -2.23. The Kier molecular flexibility index (Phi) is 2.37. The Hall–Kier alpha value is -0.510.